The van der Waals surface area contributed by atoms with Crippen LogP contribution in [0.2, 0.25) is 0 Å². The Bertz CT molecular complexity index is 877. The maximum atomic E-state index is 12.6. The minimum absolute atomic E-state index is 0.0951. The first-order chi connectivity index (χ1) is 12.2. The first-order valence-corrected chi connectivity index (χ1v) is 9.56. The Labute approximate surface area is 153 Å². The first kappa shape index (κ1) is 19.7. The van der Waals surface area contributed by atoms with Crippen LogP contribution in [0.5, 0.6) is 5.75 Å². The summed E-state index contributed by atoms with van der Waals surface area (Å²) in [6, 6.07) is 11.0. The number of ether oxygens (including phenoxy) is 1. The third-order valence-corrected chi connectivity index (χ3v) is 4.90. The number of rotatable bonds is 7. The number of carbonyl (C=O) groups excluding carboxylic acids is 1. The second kappa shape index (κ2) is 8.20. The van der Waals surface area contributed by atoms with Crippen LogP contribution in [0.25, 0.3) is 0 Å². The second-order valence-corrected chi connectivity index (χ2v) is 7.41. The van der Waals surface area contributed by atoms with Crippen LogP contribution in [0.4, 0.5) is 11.4 Å². The molecule has 2 rings (SSSR count). The number of aliphatic hydroxyl groups excluding tert-OH is 1. The van der Waals surface area contributed by atoms with E-state index in [2.05, 4.69) is 10.0 Å². The lowest BCUT2D eigenvalue weighted by Crippen LogP contribution is -2.25. The summed E-state index contributed by atoms with van der Waals surface area (Å²) in [4.78, 5) is 11.9. The maximum absolute atomic E-state index is 12.6. The second-order valence-electron chi connectivity index (χ2n) is 5.72. The SMILES string of the molecule is CCOc1ccc(NC(=O)C(C)O)c(NS(=O)(=O)c2ccc(C)cc2)c1. The molecule has 7 nitrogen and oxygen atoms in total. The summed E-state index contributed by atoms with van der Waals surface area (Å²) in [7, 11) is -3.86. The van der Waals surface area contributed by atoms with Gasteiger partial charge in [0, 0.05) is 6.07 Å². The van der Waals surface area contributed by atoms with Crippen molar-refractivity contribution in [2.75, 3.05) is 16.6 Å². The van der Waals surface area contributed by atoms with E-state index >= 15 is 0 Å². The lowest BCUT2D eigenvalue weighted by Gasteiger charge is -2.16. The zero-order valence-corrected chi connectivity index (χ0v) is 15.6. The molecular weight excluding hydrogens is 356 g/mol. The summed E-state index contributed by atoms with van der Waals surface area (Å²) in [6.07, 6.45) is -1.23. The molecule has 0 heterocycles. The largest absolute Gasteiger partial charge is 0.494 e. The van der Waals surface area contributed by atoms with E-state index < -0.39 is 22.0 Å². The van der Waals surface area contributed by atoms with Crippen LogP contribution in [0, 0.1) is 6.92 Å². The van der Waals surface area contributed by atoms with Crippen molar-refractivity contribution in [3.63, 3.8) is 0 Å². The molecule has 0 aliphatic heterocycles. The van der Waals surface area contributed by atoms with E-state index in [9.17, 15) is 18.3 Å². The van der Waals surface area contributed by atoms with Gasteiger partial charge in [0.1, 0.15) is 11.9 Å². The number of aryl methyl sites for hydroxylation is 1. The van der Waals surface area contributed by atoms with Gasteiger partial charge < -0.3 is 15.2 Å². The van der Waals surface area contributed by atoms with Gasteiger partial charge in [0.05, 0.1) is 22.9 Å². The van der Waals surface area contributed by atoms with Crippen LogP contribution in [0.15, 0.2) is 47.4 Å². The van der Waals surface area contributed by atoms with Gasteiger partial charge >= 0.3 is 0 Å². The third-order valence-electron chi connectivity index (χ3n) is 3.51. The summed E-state index contributed by atoms with van der Waals surface area (Å²) in [6.45, 7) is 5.39. The fraction of sp³-hybridized carbons (Fsp3) is 0.278. The predicted molar refractivity (Wildman–Crippen MR) is 99.9 cm³/mol. The molecule has 0 aromatic heterocycles. The van der Waals surface area contributed by atoms with Crippen LogP contribution in [-0.2, 0) is 14.8 Å². The van der Waals surface area contributed by atoms with Gasteiger partial charge in [-0.15, -0.1) is 0 Å². The molecule has 0 radical (unpaired) electrons. The minimum Gasteiger partial charge on any atom is -0.494 e. The Kier molecular flexibility index (Phi) is 6.23. The Morgan fingerprint density at radius 3 is 2.38 bits per heavy atom. The molecule has 0 spiro atoms. The van der Waals surface area contributed by atoms with Crippen molar-refractivity contribution in [3.8, 4) is 5.75 Å². The molecule has 2 aromatic rings. The molecule has 0 aliphatic rings. The van der Waals surface area contributed by atoms with Gasteiger partial charge in [0.25, 0.3) is 15.9 Å². The minimum atomic E-state index is -3.86. The Morgan fingerprint density at radius 2 is 1.81 bits per heavy atom. The van der Waals surface area contributed by atoms with Gasteiger partial charge in [-0.1, -0.05) is 17.7 Å². The molecule has 0 saturated carbocycles. The Hall–Kier alpha value is -2.58. The normalized spacial score (nSPS) is 12.3. The predicted octanol–water partition coefficient (Wildman–Crippen LogP) is 2.51. The summed E-state index contributed by atoms with van der Waals surface area (Å²) < 4.78 is 33.1. The van der Waals surface area contributed by atoms with Crippen molar-refractivity contribution < 1.29 is 23.1 Å². The Balaban J connectivity index is 2.39. The molecular formula is C18H22N2O5S. The molecule has 8 heteroatoms. The van der Waals surface area contributed by atoms with E-state index in [0.717, 1.165) is 5.56 Å². The topological polar surface area (TPSA) is 105 Å². The van der Waals surface area contributed by atoms with Crippen LogP contribution in [0.1, 0.15) is 19.4 Å². The van der Waals surface area contributed by atoms with Crippen molar-refractivity contribution >= 4 is 27.3 Å². The Morgan fingerprint density at radius 1 is 1.15 bits per heavy atom. The van der Waals surface area contributed by atoms with E-state index in [0.29, 0.717) is 12.4 Å². The summed E-state index contributed by atoms with van der Waals surface area (Å²) in [5, 5.41) is 11.9. The summed E-state index contributed by atoms with van der Waals surface area (Å²) >= 11 is 0. The number of carbonyl (C=O) groups is 1. The zero-order chi connectivity index (χ0) is 19.3. The van der Waals surface area contributed by atoms with Crippen LogP contribution in [-0.4, -0.2) is 32.1 Å². The molecule has 0 fully saturated rings. The maximum Gasteiger partial charge on any atom is 0.261 e. The van der Waals surface area contributed by atoms with Crippen molar-refractivity contribution in [2.45, 2.75) is 31.8 Å². The molecule has 0 aliphatic carbocycles. The van der Waals surface area contributed by atoms with Gasteiger partial charge in [-0.25, -0.2) is 8.42 Å². The molecule has 140 valence electrons. The average Bonchev–Trinajstić information content (AvgIpc) is 2.57. The van der Waals surface area contributed by atoms with Gasteiger partial charge in [0.2, 0.25) is 0 Å². The van der Waals surface area contributed by atoms with Crippen LogP contribution < -0.4 is 14.8 Å². The number of hydrogen-bond donors (Lipinski definition) is 3. The number of amides is 1. The average molecular weight is 378 g/mol. The standard InChI is InChI=1S/C18H22N2O5S/c1-4-25-14-7-10-16(19-18(22)13(3)21)17(11-14)20-26(23,24)15-8-5-12(2)6-9-15/h5-11,13,20-21H,4H2,1-3H3,(H,19,22). The number of benzene rings is 2. The highest BCUT2D eigenvalue weighted by Crippen LogP contribution is 2.29. The summed E-state index contributed by atoms with van der Waals surface area (Å²) in [5.74, 6) is -0.200. The molecule has 3 N–H and O–H groups in total. The molecule has 0 saturated heterocycles. The van der Waals surface area contributed by atoms with Gasteiger partial charge in [0.15, 0.2) is 0 Å². The van der Waals surface area contributed by atoms with Gasteiger partial charge in [-0.05, 0) is 45.0 Å². The van der Waals surface area contributed by atoms with Crippen molar-refractivity contribution in [1.29, 1.82) is 0 Å². The number of anilines is 2. The van der Waals surface area contributed by atoms with Crippen molar-refractivity contribution in [3.05, 3.63) is 48.0 Å². The highest BCUT2D eigenvalue weighted by molar-refractivity contribution is 7.92. The van der Waals surface area contributed by atoms with Crippen LogP contribution >= 0.6 is 0 Å². The van der Waals surface area contributed by atoms with E-state index in [1.54, 1.807) is 25.1 Å². The van der Waals surface area contributed by atoms with Gasteiger partial charge in [-0.3, -0.25) is 9.52 Å². The molecule has 26 heavy (non-hydrogen) atoms. The smallest absolute Gasteiger partial charge is 0.261 e. The number of hydrogen-bond acceptors (Lipinski definition) is 5. The lowest BCUT2D eigenvalue weighted by molar-refractivity contribution is -0.123. The highest BCUT2D eigenvalue weighted by atomic mass is 32.2. The van der Waals surface area contributed by atoms with Crippen molar-refractivity contribution in [2.24, 2.45) is 0 Å². The molecule has 1 amide bonds. The number of aliphatic hydroxyl groups is 1. The van der Waals surface area contributed by atoms with E-state index in [-0.39, 0.29) is 16.3 Å². The lowest BCUT2D eigenvalue weighted by atomic mass is 10.2. The molecule has 0 bridgehead atoms. The number of nitrogens with one attached hydrogen (secondary N) is 2. The third kappa shape index (κ3) is 4.96. The van der Waals surface area contributed by atoms with Crippen LogP contribution in [0.3, 0.4) is 0 Å². The van der Waals surface area contributed by atoms with Crippen molar-refractivity contribution in [1.82, 2.24) is 0 Å². The quantitative estimate of drug-likeness (QED) is 0.687. The van der Waals surface area contributed by atoms with Gasteiger partial charge in [-0.2, -0.15) is 0 Å². The fourth-order valence-corrected chi connectivity index (χ4v) is 3.20. The van der Waals surface area contributed by atoms with E-state index in [1.807, 2.05) is 6.92 Å². The summed E-state index contributed by atoms with van der Waals surface area (Å²) in [5.41, 5.74) is 1.30. The first-order valence-electron chi connectivity index (χ1n) is 8.08. The zero-order valence-electron chi connectivity index (χ0n) is 14.8. The number of sulfonamides is 1. The van der Waals surface area contributed by atoms with E-state index in [1.165, 1.54) is 31.2 Å². The molecule has 1 atom stereocenters. The molecule has 2 aromatic carbocycles. The fourth-order valence-electron chi connectivity index (χ4n) is 2.13. The molecule has 1 unspecified atom stereocenters. The highest BCUT2D eigenvalue weighted by Gasteiger charge is 2.18. The van der Waals surface area contributed by atoms with E-state index in [4.69, 9.17) is 4.74 Å². The monoisotopic (exact) mass is 378 g/mol.